The molecule has 0 aliphatic heterocycles. The van der Waals surface area contributed by atoms with Crippen LogP contribution in [0.3, 0.4) is 0 Å². The Bertz CT molecular complexity index is 516. The average molecular weight is 238 g/mol. The molecule has 0 saturated heterocycles. The first-order valence-electron chi connectivity index (χ1n) is 4.66. The molecular formula is C11H9ClFN3. The van der Waals surface area contributed by atoms with E-state index in [4.69, 9.17) is 11.6 Å². The third-order valence-electron chi connectivity index (χ3n) is 2.03. The quantitative estimate of drug-likeness (QED) is 0.871. The topological polar surface area (TPSA) is 37.8 Å². The molecule has 0 radical (unpaired) electrons. The number of aromatic nitrogens is 2. The van der Waals surface area contributed by atoms with E-state index in [9.17, 15) is 4.39 Å². The normalized spacial score (nSPS) is 10.2. The van der Waals surface area contributed by atoms with Gasteiger partial charge in [-0.3, -0.25) is 0 Å². The monoisotopic (exact) mass is 237 g/mol. The molecule has 1 heterocycles. The van der Waals surface area contributed by atoms with Gasteiger partial charge in [0.2, 0.25) is 0 Å². The van der Waals surface area contributed by atoms with Gasteiger partial charge in [0, 0.05) is 12.4 Å². The number of aryl methyl sites for hydroxylation is 1. The van der Waals surface area contributed by atoms with Crippen molar-refractivity contribution in [3.63, 3.8) is 0 Å². The van der Waals surface area contributed by atoms with Crippen LogP contribution in [0.1, 0.15) is 5.56 Å². The van der Waals surface area contributed by atoms with Gasteiger partial charge in [0.25, 0.3) is 0 Å². The Balaban J connectivity index is 2.34. The maximum absolute atomic E-state index is 13.4. The molecule has 0 saturated carbocycles. The van der Waals surface area contributed by atoms with Crippen molar-refractivity contribution in [2.75, 3.05) is 5.32 Å². The summed E-state index contributed by atoms with van der Waals surface area (Å²) in [5, 5.41) is 3.01. The van der Waals surface area contributed by atoms with Crippen LogP contribution in [0.15, 0.2) is 30.6 Å². The standard InChI is InChI=1S/C11H9ClFN3/c1-7-2-3-8(13)9(6-7)16-11-10(12)14-4-5-15-11/h2-6H,1H3,(H,15,16). The molecule has 0 fully saturated rings. The van der Waals surface area contributed by atoms with Crippen LogP contribution in [0.4, 0.5) is 15.9 Å². The van der Waals surface area contributed by atoms with Crippen molar-refractivity contribution in [1.29, 1.82) is 0 Å². The Hall–Kier alpha value is -1.68. The van der Waals surface area contributed by atoms with Crippen LogP contribution in [0.2, 0.25) is 5.15 Å². The van der Waals surface area contributed by atoms with Crippen LogP contribution in [-0.4, -0.2) is 9.97 Å². The summed E-state index contributed by atoms with van der Waals surface area (Å²) in [5.74, 6) is -0.0130. The van der Waals surface area contributed by atoms with Crippen molar-refractivity contribution in [2.45, 2.75) is 6.92 Å². The van der Waals surface area contributed by atoms with Crippen molar-refractivity contribution in [3.05, 3.63) is 47.1 Å². The first-order chi connectivity index (χ1) is 7.66. The van der Waals surface area contributed by atoms with Crippen LogP contribution in [0, 0.1) is 12.7 Å². The van der Waals surface area contributed by atoms with E-state index in [1.165, 1.54) is 18.5 Å². The van der Waals surface area contributed by atoms with E-state index in [1.54, 1.807) is 12.1 Å². The number of benzene rings is 1. The highest BCUT2D eigenvalue weighted by Gasteiger charge is 2.06. The number of halogens is 2. The lowest BCUT2D eigenvalue weighted by atomic mass is 10.2. The molecule has 82 valence electrons. The molecule has 1 aromatic carbocycles. The third-order valence-corrected chi connectivity index (χ3v) is 2.31. The SMILES string of the molecule is Cc1ccc(F)c(Nc2nccnc2Cl)c1. The van der Waals surface area contributed by atoms with Gasteiger partial charge < -0.3 is 5.32 Å². The fraction of sp³-hybridized carbons (Fsp3) is 0.0909. The molecule has 16 heavy (non-hydrogen) atoms. The number of nitrogens with zero attached hydrogens (tertiary/aromatic N) is 2. The summed E-state index contributed by atoms with van der Waals surface area (Å²) in [4.78, 5) is 7.82. The Labute approximate surface area is 97.3 Å². The number of nitrogens with one attached hydrogen (secondary N) is 1. The molecule has 0 atom stereocenters. The number of rotatable bonds is 2. The maximum atomic E-state index is 13.4. The lowest BCUT2D eigenvalue weighted by Crippen LogP contribution is -1.98. The highest BCUT2D eigenvalue weighted by molar-refractivity contribution is 6.31. The molecule has 0 spiro atoms. The zero-order valence-electron chi connectivity index (χ0n) is 8.54. The number of hydrogen-bond donors (Lipinski definition) is 1. The first kappa shape index (κ1) is 10.8. The minimum atomic E-state index is -0.354. The maximum Gasteiger partial charge on any atom is 0.171 e. The van der Waals surface area contributed by atoms with E-state index in [1.807, 2.05) is 6.92 Å². The second-order valence-corrected chi connectivity index (χ2v) is 3.66. The van der Waals surface area contributed by atoms with Crippen molar-refractivity contribution in [2.24, 2.45) is 0 Å². The first-order valence-corrected chi connectivity index (χ1v) is 5.04. The van der Waals surface area contributed by atoms with Gasteiger partial charge in [0.15, 0.2) is 11.0 Å². The summed E-state index contributed by atoms with van der Waals surface area (Å²) in [6, 6.07) is 4.76. The molecule has 5 heteroatoms. The van der Waals surface area contributed by atoms with Gasteiger partial charge in [0.1, 0.15) is 5.82 Å². The highest BCUT2D eigenvalue weighted by atomic mass is 35.5. The number of hydrogen-bond acceptors (Lipinski definition) is 3. The van der Waals surface area contributed by atoms with Crippen molar-refractivity contribution in [1.82, 2.24) is 9.97 Å². The average Bonchev–Trinajstić information content (AvgIpc) is 2.27. The summed E-state index contributed by atoms with van der Waals surface area (Å²) in [5.41, 5.74) is 1.28. The molecule has 2 rings (SSSR count). The van der Waals surface area contributed by atoms with E-state index in [0.717, 1.165) is 5.56 Å². The molecule has 1 N–H and O–H groups in total. The minimum Gasteiger partial charge on any atom is -0.335 e. The third kappa shape index (κ3) is 2.28. The fourth-order valence-corrected chi connectivity index (χ4v) is 1.42. The van der Waals surface area contributed by atoms with Gasteiger partial charge in [-0.05, 0) is 24.6 Å². The summed E-state index contributed by atoms with van der Waals surface area (Å²) in [7, 11) is 0. The van der Waals surface area contributed by atoms with Gasteiger partial charge >= 0.3 is 0 Å². The fourth-order valence-electron chi connectivity index (χ4n) is 1.27. The predicted octanol–water partition coefficient (Wildman–Crippen LogP) is 3.32. The van der Waals surface area contributed by atoms with Crippen molar-refractivity contribution in [3.8, 4) is 0 Å². The van der Waals surface area contributed by atoms with Gasteiger partial charge in [0.05, 0.1) is 5.69 Å². The largest absolute Gasteiger partial charge is 0.335 e. The summed E-state index contributed by atoms with van der Waals surface area (Å²) < 4.78 is 13.4. The molecule has 2 aromatic rings. The van der Waals surface area contributed by atoms with E-state index in [0.29, 0.717) is 11.5 Å². The van der Waals surface area contributed by atoms with E-state index in [2.05, 4.69) is 15.3 Å². The van der Waals surface area contributed by atoms with Crippen LogP contribution < -0.4 is 5.32 Å². The molecule has 0 amide bonds. The van der Waals surface area contributed by atoms with Gasteiger partial charge in [-0.25, -0.2) is 14.4 Å². The molecular weight excluding hydrogens is 229 g/mol. The molecule has 0 aliphatic carbocycles. The van der Waals surface area contributed by atoms with Crippen LogP contribution in [0.5, 0.6) is 0 Å². The Morgan fingerprint density at radius 1 is 1.25 bits per heavy atom. The molecule has 0 bridgehead atoms. The van der Waals surface area contributed by atoms with Gasteiger partial charge in [-0.1, -0.05) is 17.7 Å². The lowest BCUT2D eigenvalue weighted by molar-refractivity contribution is 0.631. The Morgan fingerprint density at radius 3 is 2.75 bits per heavy atom. The zero-order valence-corrected chi connectivity index (χ0v) is 9.29. The van der Waals surface area contributed by atoms with Crippen LogP contribution >= 0.6 is 11.6 Å². The summed E-state index contributed by atoms with van der Waals surface area (Å²) >= 11 is 5.81. The lowest BCUT2D eigenvalue weighted by Gasteiger charge is -2.08. The molecule has 3 nitrogen and oxygen atoms in total. The van der Waals surface area contributed by atoms with E-state index >= 15 is 0 Å². The van der Waals surface area contributed by atoms with Crippen molar-refractivity contribution < 1.29 is 4.39 Å². The van der Waals surface area contributed by atoms with Gasteiger partial charge in [-0.2, -0.15) is 0 Å². The Kier molecular flexibility index (Phi) is 3.01. The molecule has 0 unspecified atom stereocenters. The summed E-state index contributed by atoms with van der Waals surface area (Å²) in [6.45, 7) is 1.88. The predicted molar refractivity (Wildman–Crippen MR) is 61.5 cm³/mol. The Morgan fingerprint density at radius 2 is 2.00 bits per heavy atom. The second kappa shape index (κ2) is 4.45. The van der Waals surface area contributed by atoms with Crippen LogP contribution in [0.25, 0.3) is 0 Å². The highest BCUT2D eigenvalue weighted by Crippen LogP contribution is 2.23. The second-order valence-electron chi connectivity index (χ2n) is 3.30. The smallest absolute Gasteiger partial charge is 0.171 e. The van der Waals surface area contributed by atoms with Crippen LogP contribution in [-0.2, 0) is 0 Å². The molecule has 0 aliphatic rings. The van der Waals surface area contributed by atoms with Gasteiger partial charge in [-0.15, -0.1) is 0 Å². The van der Waals surface area contributed by atoms with E-state index < -0.39 is 0 Å². The zero-order chi connectivity index (χ0) is 11.5. The summed E-state index contributed by atoms with van der Waals surface area (Å²) in [6.07, 6.45) is 2.96. The van der Waals surface area contributed by atoms with Crippen molar-refractivity contribution >= 4 is 23.1 Å². The number of anilines is 2. The molecule has 1 aromatic heterocycles. The van der Waals surface area contributed by atoms with E-state index in [-0.39, 0.29) is 11.0 Å². The minimum absolute atomic E-state index is 0.211.